The third kappa shape index (κ3) is 3.80. The number of hydrogen-bond donors (Lipinski definition) is 1. The van der Waals surface area contributed by atoms with Crippen molar-refractivity contribution in [2.75, 3.05) is 5.32 Å². The summed E-state index contributed by atoms with van der Waals surface area (Å²) in [6.45, 7) is 0. The summed E-state index contributed by atoms with van der Waals surface area (Å²) in [7, 11) is 0. The first kappa shape index (κ1) is 15.5. The van der Waals surface area contributed by atoms with Crippen LogP contribution < -0.4 is 5.32 Å². The van der Waals surface area contributed by atoms with Crippen LogP contribution in [0.2, 0.25) is 5.02 Å². The van der Waals surface area contributed by atoms with Crippen LogP contribution in [0, 0.1) is 10.1 Å². The van der Waals surface area contributed by atoms with Crippen LogP contribution in [0.4, 0.5) is 11.4 Å². The quantitative estimate of drug-likeness (QED) is 0.493. The van der Waals surface area contributed by atoms with Crippen LogP contribution in [0.15, 0.2) is 42.5 Å². The van der Waals surface area contributed by atoms with E-state index in [0.717, 1.165) is 5.56 Å². The first-order valence-corrected chi connectivity index (χ1v) is 7.41. The van der Waals surface area contributed by atoms with Gasteiger partial charge in [-0.2, -0.15) is 0 Å². The molecule has 0 bridgehead atoms. The van der Waals surface area contributed by atoms with Crippen molar-refractivity contribution in [1.82, 2.24) is 0 Å². The molecule has 0 aliphatic rings. The Morgan fingerprint density at radius 3 is 2.48 bits per heavy atom. The Labute approximate surface area is 134 Å². The predicted octanol–water partition coefficient (Wildman–Crippen LogP) is 4.40. The van der Waals surface area contributed by atoms with E-state index in [9.17, 15) is 14.9 Å². The standard InChI is InChI=1S/C14H10BrClN2O3/c15-8-9-1-3-10(4-2-9)14(19)17-13-7-11(18(20)21)5-6-12(13)16/h1-7H,8H2,(H,17,19). The van der Waals surface area contributed by atoms with Crippen molar-refractivity contribution in [2.24, 2.45) is 0 Å². The van der Waals surface area contributed by atoms with Gasteiger partial charge < -0.3 is 5.32 Å². The van der Waals surface area contributed by atoms with E-state index in [0.29, 0.717) is 10.9 Å². The van der Waals surface area contributed by atoms with E-state index in [1.165, 1.54) is 18.2 Å². The molecule has 108 valence electrons. The molecular weight excluding hydrogens is 360 g/mol. The number of nitrogens with zero attached hydrogens (tertiary/aromatic N) is 1. The van der Waals surface area contributed by atoms with Crippen LogP contribution in [0.5, 0.6) is 0 Å². The lowest BCUT2D eigenvalue weighted by molar-refractivity contribution is -0.384. The molecule has 0 aliphatic heterocycles. The lowest BCUT2D eigenvalue weighted by Crippen LogP contribution is -2.12. The first-order chi connectivity index (χ1) is 10.0. The molecule has 0 aliphatic carbocycles. The van der Waals surface area contributed by atoms with Gasteiger partial charge in [-0.05, 0) is 23.8 Å². The molecule has 0 heterocycles. The van der Waals surface area contributed by atoms with Crippen molar-refractivity contribution in [3.05, 3.63) is 68.7 Å². The van der Waals surface area contributed by atoms with Gasteiger partial charge in [-0.1, -0.05) is 39.7 Å². The number of benzene rings is 2. The maximum Gasteiger partial charge on any atom is 0.271 e. The van der Waals surface area contributed by atoms with E-state index in [1.54, 1.807) is 12.1 Å². The highest BCUT2D eigenvalue weighted by atomic mass is 79.9. The zero-order valence-electron chi connectivity index (χ0n) is 10.7. The fourth-order valence-electron chi connectivity index (χ4n) is 1.66. The fourth-order valence-corrected chi connectivity index (χ4v) is 2.20. The van der Waals surface area contributed by atoms with Crippen LogP contribution in [0.3, 0.4) is 0 Å². The second-order valence-corrected chi connectivity index (χ2v) is 5.17. The Morgan fingerprint density at radius 1 is 1.24 bits per heavy atom. The number of anilines is 1. The fraction of sp³-hybridized carbons (Fsp3) is 0.0714. The van der Waals surface area contributed by atoms with Gasteiger partial charge in [0, 0.05) is 23.0 Å². The molecule has 0 saturated heterocycles. The van der Waals surface area contributed by atoms with Crippen molar-refractivity contribution >= 4 is 44.8 Å². The molecule has 0 saturated carbocycles. The number of nitrogens with one attached hydrogen (secondary N) is 1. The van der Waals surface area contributed by atoms with E-state index in [1.807, 2.05) is 12.1 Å². The lowest BCUT2D eigenvalue weighted by atomic mass is 10.1. The van der Waals surface area contributed by atoms with E-state index in [-0.39, 0.29) is 22.3 Å². The van der Waals surface area contributed by atoms with Crippen molar-refractivity contribution in [2.45, 2.75) is 5.33 Å². The Balaban J connectivity index is 2.22. The second-order valence-electron chi connectivity index (χ2n) is 4.21. The van der Waals surface area contributed by atoms with Gasteiger partial charge in [0.1, 0.15) is 0 Å². The largest absolute Gasteiger partial charge is 0.320 e. The Hall–Kier alpha value is -1.92. The third-order valence-electron chi connectivity index (χ3n) is 2.78. The number of non-ortho nitro benzene ring substituents is 1. The number of amides is 1. The van der Waals surface area contributed by atoms with E-state index in [2.05, 4.69) is 21.2 Å². The molecule has 1 N–H and O–H groups in total. The number of carbonyl (C=O) groups excluding carboxylic acids is 1. The van der Waals surface area contributed by atoms with Gasteiger partial charge in [0.25, 0.3) is 11.6 Å². The van der Waals surface area contributed by atoms with Gasteiger partial charge in [-0.25, -0.2) is 0 Å². The van der Waals surface area contributed by atoms with Crippen molar-refractivity contribution in [3.63, 3.8) is 0 Å². The van der Waals surface area contributed by atoms with E-state index >= 15 is 0 Å². The predicted molar refractivity (Wildman–Crippen MR) is 85.1 cm³/mol. The van der Waals surface area contributed by atoms with E-state index in [4.69, 9.17) is 11.6 Å². The summed E-state index contributed by atoms with van der Waals surface area (Å²) in [5, 5.41) is 14.2. The minimum Gasteiger partial charge on any atom is -0.320 e. The highest BCUT2D eigenvalue weighted by molar-refractivity contribution is 9.08. The molecule has 0 fully saturated rings. The summed E-state index contributed by atoms with van der Waals surface area (Å²) < 4.78 is 0. The van der Waals surface area contributed by atoms with Crippen LogP contribution >= 0.6 is 27.5 Å². The average molecular weight is 370 g/mol. The zero-order valence-corrected chi connectivity index (χ0v) is 13.0. The second kappa shape index (κ2) is 6.69. The Bertz CT molecular complexity index is 689. The molecular formula is C14H10BrClN2O3. The SMILES string of the molecule is O=C(Nc1cc([N+](=O)[O-])ccc1Cl)c1ccc(CBr)cc1. The number of rotatable bonds is 4. The van der Waals surface area contributed by atoms with Crippen LogP contribution in [-0.2, 0) is 5.33 Å². The van der Waals surface area contributed by atoms with Gasteiger partial charge in [-0.3, -0.25) is 14.9 Å². The van der Waals surface area contributed by atoms with Crippen LogP contribution in [0.1, 0.15) is 15.9 Å². The normalized spacial score (nSPS) is 10.2. The summed E-state index contributed by atoms with van der Waals surface area (Å²) in [6.07, 6.45) is 0. The molecule has 0 aromatic heterocycles. The van der Waals surface area contributed by atoms with Crippen molar-refractivity contribution in [1.29, 1.82) is 0 Å². The Kier molecular flexibility index (Phi) is 4.93. The third-order valence-corrected chi connectivity index (χ3v) is 3.76. The molecule has 7 heteroatoms. The average Bonchev–Trinajstić information content (AvgIpc) is 2.49. The molecule has 5 nitrogen and oxygen atoms in total. The molecule has 2 aromatic carbocycles. The number of carbonyl (C=O) groups is 1. The van der Waals surface area contributed by atoms with Gasteiger partial charge >= 0.3 is 0 Å². The van der Waals surface area contributed by atoms with Crippen LogP contribution in [-0.4, -0.2) is 10.8 Å². The highest BCUT2D eigenvalue weighted by Gasteiger charge is 2.13. The minimum atomic E-state index is -0.545. The maximum absolute atomic E-state index is 12.1. The maximum atomic E-state index is 12.1. The summed E-state index contributed by atoms with van der Waals surface area (Å²) in [4.78, 5) is 22.3. The molecule has 21 heavy (non-hydrogen) atoms. The molecule has 1 amide bonds. The van der Waals surface area contributed by atoms with Crippen molar-refractivity contribution < 1.29 is 9.72 Å². The van der Waals surface area contributed by atoms with Gasteiger partial charge in [0.05, 0.1) is 15.6 Å². The Morgan fingerprint density at radius 2 is 1.90 bits per heavy atom. The minimum absolute atomic E-state index is 0.135. The molecule has 0 atom stereocenters. The number of nitro groups is 1. The van der Waals surface area contributed by atoms with Gasteiger partial charge in [-0.15, -0.1) is 0 Å². The molecule has 2 rings (SSSR count). The summed E-state index contributed by atoms with van der Waals surface area (Å²) in [5.74, 6) is -0.376. The number of alkyl halides is 1. The van der Waals surface area contributed by atoms with Gasteiger partial charge in [0.2, 0.25) is 0 Å². The zero-order chi connectivity index (χ0) is 15.4. The molecule has 0 unspecified atom stereocenters. The highest BCUT2D eigenvalue weighted by Crippen LogP contribution is 2.27. The first-order valence-electron chi connectivity index (χ1n) is 5.91. The summed E-state index contributed by atoms with van der Waals surface area (Å²) >= 11 is 9.26. The van der Waals surface area contributed by atoms with Crippen LogP contribution in [0.25, 0.3) is 0 Å². The monoisotopic (exact) mass is 368 g/mol. The lowest BCUT2D eigenvalue weighted by Gasteiger charge is -2.07. The molecule has 0 spiro atoms. The molecule has 0 radical (unpaired) electrons. The summed E-state index contributed by atoms with van der Waals surface area (Å²) in [6, 6.07) is 10.9. The van der Waals surface area contributed by atoms with Gasteiger partial charge in [0.15, 0.2) is 0 Å². The summed E-state index contributed by atoms with van der Waals surface area (Å²) in [5.41, 5.74) is 1.56. The van der Waals surface area contributed by atoms with E-state index < -0.39 is 4.92 Å². The number of halogens is 2. The molecule has 2 aromatic rings. The van der Waals surface area contributed by atoms with Crippen molar-refractivity contribution in [3.8, 4) is 0 Å². The smallest absolute Gasteiger partial charge is 0.271 e. The topological polar surface area (TPSA) is 72.2 Å². The number of hydrogen-bond acceptors (Lipinski definition) is 3. The number of nitro benzene ring substituents is 1.